The monoisotopic (exact) mass is 271 g/mol. The summed E-state index contributed by atoms with van der Waals surface area (Å²) in [4.78, 5) is 21.7. The van der Waals surface area contributed by atoms with Crippen molar-refractivity contribution in [1.29, 1.82) is 0 Å². The molecule has 5 nitrogen and oxygen atoms in total. The summed E-state index contributed by atoms with van der Waals surface area (Å²) in [7, 11) is 0. The maximum absolute atomic E-state index is 11.3. The van der Waals surface area contributed by atoms with Crippen molar-refractivity contribution in [2.75, 3.05) is 11.4 Å². The summed E-state index contributed by atoms with van der Waals surface area (Å²) in [5, 5.41) is 9.29. The van der Waals surface area contributed by atoms with Crippen molar-refractivity contribution in [2.45, 2.75) is 20.4 Å². The highest BCUT2D eigenvalue weighted by Gasteiger charge is 2.17. The molecule has 2 aromatic heterocycles. The van der Waals surface area contributed by atoms with Crippen LogP contribution in [0.3, 0.4) is 0 Å². The van der Waals surface area contributed by atoms with E-state index in [1.807, 2.05) is 30.9 Å². The van der Waals surface area contributed by atoms with Crippen LogP contribution in [0, 0.1) is 6.92 Å². The van der Waals surface area contributed by atoms with Crippen molar-refractivity contribution in [3.8, 4) is 0 Å². The Morgan fingerprint density at radius 2 is 1.95 bits per heavy atom. The van der Waals surface area contributed by atoms with E-state index in [0.717, 1.165) is 11.3 Å². The summed E-state index contributed by atoms with van der Waals surface area (Å²) in [6.45, 7) is 5.13. The van der Waals surface area contributed by atoms with Gasteiger partial charge in [-0.25, -0.2) is 9.78 Å². The van der Waals surface area contributed by atoms with E-state index in [1.165, 1.54) is 0 Å². The second-order valence-corrected chi connectivity index (χ2v) is 4.50. The lowest BCUT2D eigenvalue weighted by Crippen LogP contribution is -2.25. The molecule has 0 aliphatic rings. The number of rotatable bonds is 5. The molecular formula is C15H17N3O2. The second kappa shape index (κ2) is 6.14. The van der Waals surface area contributed by atoms with Crippen molar-refractivity contribution in [3.05, 3.63) is 53.5 Å². The first-order valence-electron chi connectivity index (χ1n) is 6.46. The fourth-order valence-electron chi connectivity index (χ4n) is 2.00. The number of nitrogens with zero attached hydrogens (tertiary/aromatic N) is 3. The number of aromatic carboxylic acids is 1. The van der Waals surface area contributed by atoms with Gasteiger partial charge < -0.3 is 10.0 Å². The quantitative estimate of drug-likeness (QED) is 0.905. The van der Waals surface area contributed by atoms with E-state index < -0.39 is 5.97 Å². The first-order valence-corrected chi connectivity index (χ1v) is 6.46. The average Bonchev–Trinajstić information content (AvgIpc) is 2.45. The molecule has 0 radical (unpaired) electrons. The van der Waals surface area contributed by atoms with Crippen LogP contribution in [0.4, 0.5) is 5.82 Å². The van der Waals surface area contributed by atoms with E-state index in [1.54, 1.807) is 24.5 Å². The van der Waals surface area contributed by atoms with E-state index >= 15 is 0 Å². The van der Waals surface area contributed by atoms with Crippen LogP contribution in [0.15, 0.2) is 36.7 Å². The SMILES string of the molecule is CCN(Cc1ccncc1)c1nc(C)ccc1C(=O)O. The molecule has 0 spiro atoms. The Bertz CT molecular complexity index is 599. The summed E-state index contributed by atoms with van der Waals surface area (Å²) >= 11 is 0. The van der Waals surface area contributed by atoms with E-state index in [4.69, 9.17) is 0 Å². The predicted molar refractivity (Wildman–Crippen MR) is 76.9 cm³/mol. The molecule has 2 heterocycles. The molecule has 0 saturated carbocycles. The summed E-state index contributed by atoms with van der Waals surface area (Å²) < 4.78 is 0. The Balaban J connectivity index is 2.36. The molecule has 0 fully saturated rings. The van der Waals surface area contributed by atoms with Crippen molar-refractivity contribution in [2.24, 2.45) is 0 Å². The molecule has 0 amide bonds. The van der Waals surface area contributed by atoms with Crippen LogP contribution < -0.4 is 4.90 Å². The molecule has 0 aliphatic carbocycles. The number of aromatic nitrogens is 2. The average molecular weight is 271 g/mol. The molecule has 2 rings (SSSR count). The van der Waals surface area contributed by atoms with Crippen LogP contribution in [0.2, 0.25) is 0 Å². The van der Waals surface area contributed by atoms with Gasteiger partial charge in [0.15, 0.2) is 0 Å². The number of hydrogen-bond acceptors (Lipinski definition) is 4. The lowest BCUT2D eigenvalue weighted by Gasteiger charge is -2.23. The number of pyridine rings is 2. The van der Waals surface area contributed by atoms with Gasteiger partial charge in [-0.15, -0.1) is 0 Å². The number of hydrogen-bond donors (Lipinski definition) is 1. The fraction of sp³-hybridized carbons (Fsp3) is 0.267. The van der Waals surface area contributed by atoms with Gasteiger partial charge in [-0.1, -0.05) is 0 Å². The van der Waals surface area contributed by atoms with E-state index in [-0.39, 0.29) is 5.56 Å². The van der Waals surface area contributed by atoms with Gasteiger partial charge >= 0.3 is 5.97 Å². The Hall–Kier alpha value is -2.43. The predicted octanol–water partition coefficient (Wildman–Crippen LogP) is 2.51. The minimum absolute atomic E-state index is 0.228. The molecular weight excluding hydrogens is 254 g/mol. The van der Waals surface area contributed by atoms with E-state index in [9.17, 15) is 9.90 Å². The molecule has 0 aliphatic heterocycles. The topological polar surface area (TPSA) is 66.3 Å². The van der Waals surface area contributed by atoms with Gasteiger partial charge in [-0.3, -0.25) is 4.98 Å². The largest absolute Gasteiger partial charge is 0.478 e. The van der Waals surface area contributed by atoms with Crippen LogP contribution >= 0.6 is 0 Å². The lowest BCUT2D eigenvalue weighted by molar-refractivity contribution is 0.0697. The smallest absolute Gasteiger partial charge is 0.339 e. The van der Waals surface area contributed by atoms with E-state index in [0.29, 0.717) is 18.9 Å². The van der Waals surface area contributed by atoms with Crippen LogP contribution in [-0.4, -0.2) is 27.6 Å². The minimum atomic E-state index is -0.958. The minimum Gasteiger partial charge on any atom is -0.478 e. The molecule has 0 unspecified atom stereocenters. The molecule has 104 valence electrons. The van der Waals surface area contributed by atoms with Gasteiger partial charge in [0.1, 0.15) is 11.4 Å². The molecule has 0 aromatic carbocycles. The van der Waals surface area contributed by atoms with Crippen molar-refractivity contribution >= 4 is 11.8 Å². The summed E-state index contributed by atoms with van der Waals surface area (Å²) in [5.41, 5.74) is 2.10. The van der Waals surface area contributed by atoms with Gasteiger partial charge in [0.25, 0.3) is 0 Å². The zero-order valence-electron chi connectivity index (χ0n) is 11.6. The van der Waals surface area contributed by atoms with Gasteiger partial charge in [-0.2, -0.15) is 0 Å². The van der Waals surface area contributed by atoms with Crippen LogP contribution in [0.1, 0.15) is 28.5 Å². The van der Waals surface area contributed by atoms with Gasteiger partial charge in [0, 0.05) is 31.2 Å². The lowest BCUT2D eigenvalue weighted by atomic mass is 10.2. The maximum atomic E-state index is 11.3. The molecule has 2 aromatic rings. The van der Waals surface area contributed by atoms with Gasteiger partial charge in [0.2, 0.25) is 0 Å². The highest BCUT2D eigenvalue weighted by atomic mass is 16.4. The summed E-state index contributed by atoms with van der Waals surface area (Å²) in [5.74, 6) is -0.447. The number of aryl methyl sites for hydroxylation is 1. The molecule has 0 bridgehead atoms. The Morgan fingerprint density at radius 1 is 1.25 bits per heavy atom. The van der Waals surface area contributed by atoms with Crippen LogP contribution in [0.25, 0.3) is 0 Å². The third-order valence-electron chi connectivity index (χ3n) is 3.05. The zero-order valence-corrected chi connectivity index (χ0v) is 11.6. The van der Waals surface area contributed by atoms with E-state index in [2.05, 4.69) is 9.97 Å². The first kappa shape index (κ1) is 14.0. The maximum Gasteiger partial charge on any atom is 0.339 e. The van der Waals surface area contributed by atoms with Crippen molar-refractivity contribution in [3.63, 3.8) is 0 Å². The van der Waals surface area contributed by atoms with Crippen LogP contribution in [-0.2, 0) is 6.54 Å². The number of anilines is 1. The molecule has 0 atom stereocenters. The van der Waals surface area contributed by atoms with Gasteiger partial charge in [0.05, 0.1) is 0 Å². The summed E-state index contributed by atoms with van der Waals surface area (Å²) in [6, 6.07) is 7.15. The molecule has 5 heteroatoms. The molecule has 1 N–H and O–H groups in total. The second-order valence-electron chi connectivity index (χ2n) is 4.50. The van der Waals surface area contributed by atoms with Crippen molar-refractivity contribution in [1.82, 2.24) is 9.97 Å². The zero-order chi connectivity index (χ0) is 14.5. The number of carboxylic acids is 1. The van der Waals surface area contributed by atoms with Crippen LogP contribution in [0.5, 0.6) is 0 Å². The highest BCUT2D eigenvalue weighted by molar-refractivity contribution is 5.93. The third kappa shape index (κ3) is 3.12. The molecule has 0 saturated heterocycles. The first-order chi connectivity index (χ1) is 9.61. The summed E-state index contributed by atoms with van der Waals surface area (Å²) in [6.07, 6.45) is 3.45. The number of carbonyl (C=O) groups is 1. The highest BCUT2D eigenvalue weighted by Crippen LogP contribution is 2.20. The normalized spacial score (nSPS) is 10.3. The van der Waals surface area contributed by atoms with Crippen molar-refractivity contribution < 1.29 is 9.90 Å². The third-order valence-corrected chi connectivity index (χ3v) is 3.05. The number of carboxylic acid groups (broad SMARTS) is 1. The fourth-order valence-corrected chi connectivity index (χ4v) is 2.00. The Kier molecular flexibility index (Phi) is 4.30. The Morgan fingerprint density at radius 3 is 2.55 bits per heavy atom. The van der Waals surface area contributed by atoms with Gasteiger partial charge in [-0.05, 0) is 43.7 Å². The molecule has 20 heavy (non-hydrogen) atoms. The Labute approximate surface area is 117 Å². The standard InChI is InChI=1S/C15H17N3O2/c1-3-18(10-12-6-8-16-9-7-12)14-13(15(19)20)5-4-11(2)17-14/h4-9H,3,10H2,1-2H3,(H,19,20).